The SMILES string of the molecule is CCCOc1ccc2oc(-c3ccc(OC)cc3)cc(=Nc3nc(-c4ccc(OC)cc4OC)c(C)s3)c2c1. The Morgan fingerprint density at radius 1 is 0.846 bits per heavy atom. The van der Waals surface area contributed by atoms with Crippen LogP contribution in [0.25, 0.3) is 33.6 Å². The lowest BCUT2D eigenvalue weighted by molar-refractivity contribution is 0.317. The zero-order valence-corrected chi connectivity index (χ0v) is 23.4. The van der Waals surface area contributed by atoms with Crippen LogP contribution in [0.2, 0.25) is 0 Å². The number of nitrogens with zero attached hydrogens (tertiary/aromatic N) is 2. The molecule has 0 aliphatic rings. The number of aryl methyl sites for hydroxylation is 1. The lowest BCUT2D eigenvalue weighted by Gasteiger charge is -2.09. The van der Waals surface area contributed by atoms with Crippen molar-refractivity contribution in [3.63, 3.8) is 0 Å². The molecule has 200 valence electrons. The lowest BCUT2D eigenvalue weighted by atomic mass is 10.1. The van der Waals surface area contributed by atoms with Crippen molar-refractivity contribution in [3.8, 4) is 45.6 Å². The predicted molar refractivity (Wildman–Crippen MR) is 155 cm³/mol. The van der Waals surface area contributed by atoms with Crippen LogP contribution in [0, 0.1) is 6.92 Å². The van der Waals surface area contributed by atoms with Crippen LogP contribution in [-0.4, -0.2) is 32.9 Å². The van der Waals surface area contributed by atoms with Gasteiger partial charge in [-0.2, -0.15) is 0 Å². The van der Waals surface area contributed by atoms with E-state index in [9.17, 15) is 0 Å². The third kappa shape index (κ3) is 5.61. The highest BCUT2D eigenvalue weighted by Crippen LogP contribution is 2.38. The van der Waals surface area contributed by atoms with Gasteiger partial charge in [-0.15, -0.1) is 0 Å². The summed E-state index contributed by atoms with van der Waals surface area (Å²) >= 11 is 1.52. The second-order valence-electron chi connectivity index (χ2n) is 8.81. The van der Waals surface area contributed by atoms with E-state index in [0.29, 0.717) is 28.8 Å². The first-order valence-corrected chi connectivity index (χ1v) is 13.4. The molecule has 3 aromatic carbocycles. The Morgan fingerprint density at radius 3 is 2.31 bits per heavy atom. The molecule has 0 N–H and O–H groups in total. The van der Waals surface area contributed by atoms with Gasteiger partial charge in [-0.05, 0) is 67.9 Å². The fourth-order valence-electron chi connectivity index (χ4n) is 4.23. The van der Waals surface area contributed by atoms with Crippen molar-refractivity contribution in [2.75, 3.05) is 27.9 Å². The average molecular weight is 543 g/mol. The molecule has 5 aromatic rings. The van der Waals surface area contributed by atoms with Crippen molar-refractivity contribution >= 4 is 27.4 Å². The van der Waals surface area contributed by atoms with Gasteiger partial charge in [0.15, 0.2) is 0 Å². The molecule has 0 unspecified atom stereocenters. The molecule has 0 spiro atoms. The van der Waals surface area contributed by atoms with E-state index < -0.39 is 0 Å². The van der Waals surface area contributed by atoms with Crippen LogP contribution in [0.3, 0.4) is 0 Å². The molecular formula is C31H30N2O5S. The molecule has 0 bridgehead atoms. The van der Waals surface area contributed by atoms with Gasteiger partial charge in [-0.3, -0.25) is 0 Å². The molecule has 2 heterocycles. The number of hydrogen-bond donors (Lipinski definition) is 0. The molecular weight excluding hydrogens is 512 g/mol. The summed E-state index contributed by atoms with van der Waals surface area (Å²) in [5, 5.41) is 2.22. The summed E-state index contributed by atoms with van der Waals surface area (Å²) in [5.74, 6) is 3.66. The molecule has 8 heteroatoms. The zero-order chi connectivity index (χ0) is 27.4. The Morgan fingerprint density at radius 2 is 1.59 bits per heavy atom. The number of aromatic nitrogens is 1. The Kier molecular flexibility index (Phi) is 7.84. The van der Waals surface area contributed by atoms with Crippen LogP contribution < -0.4 is 24.3 Å². The molecule has 39 heavy (non-hydrogen) atoms. The minimum Gasteiger partial charge on any atom is -0.497 e. The predicted octanol–water partition coefficient (Wildman–Crippen LogP) is 7.58. The van der Waals surface area contributed by atoms with E-state index in [2.05, 4.69) is 6.92 Å². The highest BCUT2D eigenvalue weighted by atomic mass is 32.1. The first-order chi connectivity index (χ1) is 19.0. The Hall–Kier alpha value is -4.30. The van der Waals surface area contributed by atoms with Gasteiger partial charge in [-0.25, -0.2) is 9.98 Å². The maximum absolute atomic E-state index is 6.31. The van der Waals surface area contributed by atoms with Gasteiger partial charge < -0.3 is 23.4 Å². The van der Waals surface area contributed by atoms with E-state index in [1.807, 2.05) is 73.7 Å². The highest BCUT2D eigenvalue weighted by Gasteiger charge is 2.16. The van der Waals surface area contributed by atoms with Gasteiger partial charge in [0.1, 0.15) is 34.3 Å². The monoisotopic (exact) mass is 542 g/mol. The van der Waals surface area contributed by atoms with Crippen LogP contribution in [0.15, 0.2) is 76.1 Å². The van der Waals surface area contributed by atoms with Crippen LogP contribution in [-0.2, 0) is 0 Å². The van der Waals surface area contributed by atoms with Gasteiger partial charge in [-0.1, -0.05) is 18.3 Å². The summed E-state index contributed by atoms with van der Waals surface area (Å²) in [4.78, 5) is 10.9. The molecule has 0 fully saturated rings. The van der Waals surface area contributed by atoms with Crippen LogP contribution in [0.5, 0.6) is 23.0 Å². The fourth-order valence-corrected chi connectivity index (χ4v) is 5.03. The molecule has 0 aliphatic heterocycles. The maximum atomic E-state index is 6.31. The lowest BCUT2D eigenvalue weighted by Crippen LogP contribution is -2.04. The summed E-state index contributed by atoms with van der Waals surface area (Å²) in [6, 6.07) is 21.2. The Labute approximate surface area is 231 Å². The summed E-state index contributed by atoms with van der Waals surface area (Å²) in [6.45, 7) is 4.75. The number of fused-ring (bicyclic) bond motifs is 1. The van der Waals surface area contributed by atoms with Gasteiger partial charge in [0.2, 0.25) is 5.13 Å². The maximum Gasteiger partial charge on any atom is 0.210 e. The fraction of sp³-hybridized carbons (Fsp3) is 0.226. The molecule has 0 atom stereocenters. The van der Waals surface area contributed by atoms with Crippen molar-refractivity contribution < 1.29 is 23.4 Å². The summed E-state index contributed by atoms with van der Waals surface area (Å²) < 4.78 is 28.5. The molecule has 0 aliphatic carbocycles. The number of benzene rings is 3. The number of ether oxygens (including phenoxy) is 4. The average Bonchev–Trinajstić information content (AvgIpc) is 3.34. The van der Waals surface area contributed by atoms with E-state index in [4.69, 9.17) is 33.3 Å². The van der Waals surface area contributed by atoms with Crippen molar-refractivity contribution in [1.82, 2.24) is 4.98 Å². The van der Waals surface area contributed by atoms with E-state index >= 15 is 0 Å². The number of rotatable bonds is 9. The first-order valence-electron chi connectivity index (χ1n) is 12.6. The molecule has 7 nitrogen and oxygen atoms in total. The van der Waals surface area contributed by atoms with E-state index in [-0.39, 0.29) is 0 Å². The normalized spacial score (nSPS) is 11.6. The number of methoxy groups -OCH3 is 3. The molecule has 0 amide bonds. The van der Waals surface area contributed by atoms with Crippen molar-refractivity contribution in [2.24, 2.45) is 4.99 Å². The molecule has 0 saturated carbocycles. The zero-order valence-electron chi connectivity index (χ0n) is 22.6. The van der Waals surface area contributed by atoms with Crippen LogP contribution in [0.1, 0.15) is 18.2 Å². The number of thiazole rings is 1. The Balaban J connectivity index is 1.66. The standard InChI is InChI=1S/C31H30N2O5S/c1-6-15-37-23-12-14-27-25(16-23)26(18-28(38-27)20-7-9-21(34-3)10-8-20)32-31-33-30(19(2)39-31)24-13-11-22(35-4)17-29(24)36-5/h7-14,16-18H,6,15H2,1-5H3. The second kappa shape index (κ2) is 11.6. The molecule has 2 aromatic heterocycles. The Bertz CT molecular complexity index is 1670. The topological polar surface area (TPSA) is 75.3 Å². The summed E-state index contributed by atoms with van der Waals surface area (Å²) in [7, 11) is 4.93. The third-order valence-corrected chi connectivity index (χ3v) is 7.09. The van der Waals surface area contributed by atoms with Crippen molar-refractivity contribution in [1.29, 1.82) is 0 Å². The van der Waals surface area contributed by atoms with E-state index in [1.54, 1.807) is 21.3 Å². The van der Waals surface area contributed by atoms with Crippen molar-refractivity contribution in [3.05, 3.63) is 77.0 Å². The highest BCUT2D eigenvalue weighted by molar-refractivity contribution is 7.15. The minimum absolute atomic E-state index is 0.633. The van der Waals surface area contributed by atoms with E-state index in [0.717, 1.165) is 56.1 Å². The van der Waals surface area contributed by atoms with Gasteiger partial charge in [0.25, 0.3) is 0 Å². The van der Waals surface area contributed by atoms with E-state index in [1.165, 1.54) is 11.3 Å². The first kappa shape index (κ1) is 26.3. The van der Waals surface area contributed by atoms with Gasteiger partial charge in [0, 0.05) is 33.5 Å². The smallest absolute Gasteiger partial charge is 0.210 e. The minimum atomic E-state index is 0.633. The molecule has 5 rings (SSSR count). The van der Waals surface area contributed by atoms with Crippen LogP contribution in [0.4, 0.5) is 5.13 Å². The van der Waals surface area contributed by atoms with Gasteiger partial charge >= 0.3 is 0 Å². The third-order valence-electron chi connectivity index (χ3n) is 6.23. The van der Waals surface area contributed by atoms with Gasteiger partial charge in [0.05, 0.1) is 39.0 Å². The second-order valence-corrected chi connectivity index (χ2v) is 9.99. The number of hydrogen-bond acceptors (Lipinski definition) is 8. The largest absolute Gasteiger partial charge is 0.497 e. The molecule has 0 radical (unpaired) electrons. The van der Waals surface area contributed by atoms with Crippen molar-refractivity contribution in [2.45, 2.75) is 20.3 Å². The molecule has 0 saturated heterocycles. The van der Waals surface area contributed by atoms with Crippen LogP contribution >= 0.6 is 11.3 Å². The quantitative estimate of drug-likeness (QED) is 0.191. The summed E-state index contributed by atoms with van der Waals surface area (Å²) in [5.41, 5.74) is 3.33. The summed E-state index contributed by atoms with van der Waals surface area (Å²) in [6.07, 6.45) is 0.923.